The molecule has 13 nitrogen and oxygen atoms in total. The molecule has 8 atom stereocenters. The maximum Gasteiger partial charge on any atom is 0.242 e. The molecule has 378 valence electrons. The van der Waals surface area contributed by atoms with Gasteiger partial charge in [-0.2, -0.15) is 0 Å². The van der Waals surface area contributed by atoms with Gasteiger partial charge in [-0.15, -0.1) is 11.3 Å². The van der Waals surface area contributed by atoms with Crippen molar-refractivity contribution in [2.24, 2.45) is 17.8 Å². The molecule has 0 spiro atoms. The number of rotatable bonds is 23. The number of nitrogens with one attached hydrogen (secondary N) is 3. The van der Waals surface area contributed by atoms with Crippen molar-refractivity contribution in [3.8, 4) is 0 Å². The molecular formula is C53H89N7O6S. The van der Waals surface area contributed by atoms with Gasteiger partial charge in [0, 0.05) is 58.7 Å². The smallest absolute Gasteiger partial charge is 0.242 e. The first-order chi connectivity index (χ1) is 32.1. The van der Waals surface area contributed by atoms with Crippen molar-refractivity contribution in [2.75, 3.05) is 53.8 Å². The van der Waals surface area contributed by atoms with Crippen molar-refractivity contribution in [1.29, 1.82) is 0 Å². The minimum Gasteiger partial charge on any atom is -0.388 e. The standard InChI is InChI=1S/C46H69N7O6S.C3H8.2C2H6/c1-11-31(4)42(52(8)40(55)28-49-45(57)41(30(2)3)51(7)29-34-19-15-20-35(25-34)47-6)38(58-9)27-39(54)53-23-16-21-37(53)43(59-10)32(5)44(56)50-36(46-48-22-24-60-46)26-33-17-13-12-14-18-33;1-3-2;2*1-2/h12-15,17-20,22,24-25,30-32,36-38,41-43,47H,11,16,21,23,26-29H2,1-10H3,(H,49,57)(H,50,56);3H2,1-2H3;2*1-2H3. The number of benzene rings is 2. The number of likely N-dealkylation sites (N-methyl/N-ethyl adjacent to an activating group) is 2. The van der Waals surface area contributed by atoms with Crippen molar-refractivity contribution >= 4 is 40.7 Å². The molecule has 4 amide bonds. The number of carbonyl (C=O) groups is 4. The minimum absolute atomic E-state index is 0.00312. The Morgan fingerprint density at radius 1 is 0.896 bits per heavy atom. The molecule has 1 saturated heterocycles. The number of thiazole rings is 1. The van der Waals surface area contributed by atoms with Gasteiger partial charge in [0.05, 0.1) is 55.3 Å². The number of ether oxygens (including phenoxy) is 2. The van der Waals surface area contributed by atoms with Crippen LogP contribution in [0.4, 0.5) is 5.69 Å². The number of aromatic nitrogens is 1. The Kier molecular flexibility index (Phi) is 30.0. The van der Waals surface area contributed by atoms with Gasteiger partial charge >= 0.3 is 0 Å². The molecule has 0 bridgehead atoms. The van der Waals surface area contributed by atoms with E-state index in [0.29, 0.717) is 25.9 Å². The maximum absolute atomic E-state index is 14.3. The minimum atomic E-state index is -0.611. The van der Waals surface area contributed by atoms with Crippen molar-refractivity contribution in [2.45, 2.75) is 158 Å². The predicted octanol–water partition coefficient (Wildman–Crippen LogP) is 9.25. The third kappa shape index (κ3) is 18.9. The zero-order chi connectivity index (χ0) is 50.6. The molecule has 3 aromatic rings. The highest BCUT2D eigenvalue weighted by Crippen LogP contribution is 2.30. The lowest BCUT2D eigenvalue weighted by Gasteiger charge is -2.39. The molecule has 4 rings (SSSR count). The van der Waals surface area contributed by atoms with Crippen LogP contribution in [0.5, 0.6) is 0 Å². The molecule has 0 saturated carbocycles. The monoisotopic (exact) mass is 952 g/mol. The molecular weight excluding hydrogens is 863 g/mol. The van der Waals surface area contributed by atoms with Gasteiger partial charge in [0.25, 0.3) is 0 Å². The third-order valence-corrected chi connectivity index (χ3v) is 13.0. The second kappa shape index (κ2) is 33.2. The summed E-state index contributed by atoms with van der Waals surface area (Å²) in [6.07, 6.45) is 4.70. The van der Waals surface area contributed by atoms with Crippen LogP contribution in [0.15, 0.2) is 66.2 Å². The first-order valence-electron chi connectivity index (χ1n) is 24.7. The summed E-state index contributed by atoms with van der Waals surface area (Å²) in [6, 6.07) is 16.6. The fraction of sp³-hybridized carbons (Fsp3) is 0.642. The SMILES string of the molecule is CC.CC.CCC.CCC(C)C(C(CC(=O)N1CCCC1C(OC)C(C)C(=O)NC(Cc1ccccc1)c1nccs1)OC)N(C)C(=O)CNC(=O)C(C(C)C)N(C)Cc1cccc(NC)c1. The molecule has 8 unspecified atom stereocenters. The van der Waals surface area contributed by atoms with E-state index in [2.05, 4.69) is 40.8 Å². The first-order valence-corrected chi connectivity index (χ1v) is 25.6. The Labute approximate surface area is 409 Å². The average molecular weight is 952 g/mol. The highest BCUT2D eigenvalue weighted by molar-refractivity contribution is 7.09. The largest absolute Gasteiger partial charge is 0.388 e. The lowest BCUT2D eigenvalue weighted by atomic mass is 9.90. The first kappa shape index (κ1) is 60.6. The number of carbonyl (C=O) groups excluding carboxylic acids is 4. The van der Waals surface area contributed by atoms with E-state index in [9.17, 15) is 19.2 Å². The van der Waals surface area contributed by atoms with Crippen molar-refractivity contribution in [1.82, 2.24) is 30.3 Å². The van der Waals surface area contributed by atoms with Crippen LogP contribution in [-0.4, -0.2) is 122 Å². The van der Waals surface area contributed by atoms with E-state index < -0.39 is 30.2 Å². The second-order valence-corrected chi connectivity index (χ2v) is 18.2. The van der Waals surface area contributed by atoms with E-state index in [-0.39, 0.29) is 60.5 Å². The molecule has 1 fully saturated rings. The van der Waals surface area contributed by atoms with E-state index in [0.717, 1.165) is 34.7 Å². The normalized spacial score (nSPS) is 16.3. The summed E-state index contributed by atoms with van der Waals surface area (Å²) in [5, 5.41) is 12.0. The molecule has 3 N–H and O–H groups in total. The highest BCUT2D eigenvalue weighted by atomic mass is 32.1. The van der Waals surface area contributed by atoms with Crippen LogP contribution in [0.2, 0.25) is 0 Å². The van der Waals surface area contributed by atoms with Gasteiger partial charge in [-0.25, -0.2) is 4.98 Å². The van der Waals surface area contributed by atoms with Gasteiger partial charge in [0.15, 0.2) is 0 Å². The second-order valence-electron chi connectivity index (χ2n) is 17.2. The molecule has 1 aliphatic heterocycles. The number of nitrogens with zero attached hydrogens (tertiary/aromatic N) is 4. The Bertz CT molecular complexity index is 1820. The van der Waals surface area contributed by atoms with Crippen LogP contribution in [-0.2, 0) is 41.6 Å². The third-order valence-electron chi connectivity index (χ3n) is 12.1. The Hall–Kier alpha value is -4.37. The lowest BCUT2D eigenvalue weighted by molar-refractivity contribution is -0.146. The summed E-state index contributed by atoms with van der Waals surface area (Å²) in [4.78, 5) is 65.7. The number of methoxy groups -OCH3 is 2. The van der Waals surface area contributed by atoms with Crippen LogP contribution >= 0.6 is 11.3 Å². The molecule has 67 heavy (non-hydrogen) atoms. The van der Waals surface area contributed by atoms with Crippen molar-refractivity contribution in [3.63, 3.8) is 0 Å². The van der Waals surface area contributed by atoms with Gasteiger partial charge in [-0.1, -0.05) is 131 Å². The van der Waals surface area contributed by atoms with Gasteiger partial charge in [0.2, 0.25) is 23.6 Å². The Morgan fingerprint density at radius 2 is 1.54 bits per heavy atom. The van der Waals surface area contributed by atoms with Gasteiger partial charge < -0.3 is 35.2 Å². The molecule has 14 heteroatoms. The number of amides is 4. The van der Waals surface area contributed by atoms with E-state index >= 15 is 0 Å². The van der Waals surface area contributed by atoms with Crippen LogP contribution < -0.4 is 16.0 Å². The predicted molar refractivity (Wildman–Crippen MR) is 277 cm³/mol. The summed E-state index contributed by atoms with van der Waals surface area (Å²) < 4.78 is 12.1. The van der Waals surface area contributed by atoms with Crippen molar-refractivity contribution < 1.29 is 28.7 Å². The quantitative estimate of drug-likeness (QED) is 0.0847. The Morgan fingerprint density at radius 3 is 2.09 bits per heavy atom. The van der Waals surface area contributed by atoms with Crippen molar-refractivity contribution in [3.05, 3.63) is 82.3 Å². The van der Waals surface area contributed by atoms with Crippen LogP contribution in [0.25, 0.3) is 0 Å². The van der Waals surface area contributed by atoms with E-state index in [1.807, 2.05) is 140 Å². The molecule has 1 aliphatic rings. The van der Waals surface area contributed by atoms with E-state index in [4.69, 9.17) is 9.47 Å². The topological polar surface area (TPSA) is 145 Å². The fourth-order valence-corrected chi connectivity index (χ4v) is 9.39. The zero-order valence-corrected chi connectivity index (χ0v) is 44.9. The number of hydrogen-bond acceptors (Lipinski definition) is 10. The molecule has 2 heterocycles. The summed E-state index contributed by atoms with van der Waals surface area (Å²) in [5.41, 5.74) is 3.16. The van der Waals surface area contributed by atoms with E-state index in [1.165, 1.54) is 17.8 Å². The van der Waals surface area contributed by atoms with Crippen LogP contribution in [0, 0.1) is 17.8 Å². The maximum atomic E-state index is 14.3. The summed E-state index contributed by atoms with van der Waals surface area (Å²) in [6.45, 7) is 23.1. The van der Waals surface area contributed by atoms with Gasteiger partial charge in [0.1, 0.15) is 5.01 Å². The summed E-state index contributed by atoms with van der Waals surface area (Å²) in [5.74, 6) is -1.34. The zero-order valence-electron chi connectivity index (χ0n) is 44.1. The number of likely N-dealkylation sites (tertiary alicyclic amines) is 1. The van der Waals surface area contributed by atoms with Crippen LogP contribution in [0.3, 0.4) is 0 Å². The summed E-state index contributed by atoms with van der Waals surface area (Å²) in [7, 11) is 8.69. The van der Waals surface area contributed by atoms with Gasteiger partial charge in [-0.3, -0.25) is 24.1 Å². The van der Waals surface area contributed by atoms with E-state index in [1.54, 1.807) is 32.4 Å². The molecule has 0 radical (unpaired) electrons. The lowest BCUT2D eigenvalue weighted by Crippen LogP contribution is -2.55. The van der Waals surface area contributed by atoms with Crippen LogP contribution in [0.1, 0.15) is 130 Å². The molecule has 1 aromatic heterocycles. The average Bonchev–Trinajstić information content (AvgIpc) is 4.06. The highest BCUT2D eigenvalue weighted by Gasteiger charge is 2.42. The van der Waals surface area contributed by atoms with Gasteiger partial charge in [-0.05, 0) is 61.4 Å². The summed E-state index contributed by atoms with van der Waals surface area (Å²) >= 11 is 1.50. The number of hydrogen-bond donors (Lipinski definition) is 3. The Balaban J connectivity index is 0.00000304. The fourth-order valence-electron chi connectivity index (χ4n) is 8.70. The number of anilines is 1. The molecule has 0 aliphatic carbocycles. The molecule has 2 aromatic carbocycles.